The maximum atomic E-state index is 13.1. The van der Waals surface area contributed by atoms with E-state index in [1.807, 2.05) is 37.3 Å². The van der Waals surface area contributed by atoms with E-state index in [1.54, 1.807) is 18.0 Å². The van der Waals surface area contributed by atoms with Crippen LogP contribution >= 0.6 is 0 Å². The number of methoxy groups -OCH3 is 1. The Kier molecular flexibility index (Phi) is 8.39. The van der Waals surface area contributed by atoms with Gasteiger partial charge in [0.25, 0.3) is 12.1 Å². The predicted octanol–water partition coefficient (Wildman–Crippen LogP) is 5.35. The van der Waals surface area contributed by atoms with Crippen LogP contribution in [0.15, 0.2) is 42.7 Å². The average Bonchev–Trinajstić information content (AvgIpc) is 3.35. The molecule has 2 aromatic heterocycles. The molecule has 5 rings (SSSR count). The van der Waals surface area contributed by atoms with E-state index in [-0.39, 0.29) is 23.1 Å². The monoisotopic (exact) mass is 581 g/mol. The number of para-hydroxylation sites is 1. The molecule has 0 atom stereocenters. The molecule has 222 valence electrons. The summed E-state index contributed by atoms with van der Waals surface area (Å²) in [5.74, 6) is 0.561. The zero-order chi connectivity index (χ0) is 30.0. The van der Waals surface area contributed by atoms with E-state index in [2.05, 4.69) is 25.9 Å². The molecule has 0 aliphatic carbocycles. The minimum Gasteiger partial charge on any atom is -0.494 e. The van der Waals surface area contributed by atoms with E-state index < -0.39 is 18.0 Å². The van der Waals surface area contributed by atoms with Crippen LogP contribution in [0.1, 0.15) is 12.0 Å². The van der Waals surface area contributed by atoms with Crippen molar-refractivity contribution in [1.82, 2.24) is 19.4 Å². The molecule has 11 nitrogen and oxygen atoms in total. The molecule has 1 N–H and O–H groups in total. The van der Waals surface area contributed by atoms with Gasteiger partial charge in [-0.3, -0.25) is 10.1 Å². The Morgan fingerprint density at radius 3 is 2.71 bits per heavy atom. The summed E-state index contributed by atoms with van der Waals surface area (Å²) in [6.45, 7) is 1.28. The van der Waals surface area contributed by atoms with E-state index in [0.717, 1.165) is 35.9 Å². The van der Waals surface area contributed by atoms with Crippen molar-refractivity contribution >= 4 is 33.9 Å². The summed E-state index contributed by atoms with van der Waals surface area (Å²) < 4.78 is 39.4. The van der Waals surface area contributed by atoms with Crippen molar-refractivity contribution in [1.29, 1.82) is 0 Å². The Labute approximate surface area is 241 Å². The molecule has 0 fully saturated rings. The van der Waals surface area contributed by atoms with Gasteiger partial charge in [0.15, 0.2) is 5.75 Å². The third-order valence-electron chi connectivity index (χ3n) is 7.24. The molecular weight excluding hydrogens is 548 g/mol. The van der Waals surface area contributed by atoms with Gasteiger partial charge in [-0.2, -0.15) is 0 Å². The van der Waals surface area contributed by atoms with Crippen LogP contribution < -0.4 is 19.7 Å². The Morgan fingerprint density at radius 2 is 2.00 bits per heavy atom. The lowest BCUT2D eigenvalue weighted by Crippen LogP contribution is -2.28. The zero-order valence-electron chi connectivity index (χ0n) is 23.9. The minimum absolute atomic E-state index is 0.0997. The van der Waals surface area contributed by atoms with Crippen LogP contribution in [0.5, 0.6) is 11.5 Å². The number of likely N-dealkylation sites (N-methyl/N-ethyl adjacent to an activating group) is 2. The molecule has 3 heterocycles. The van der Waals surface area contributed by atoms with Gasteiger partial charge in [0.1, 0.15) is 23.7 Å². The normalized spacial score (nSPS) is 12.7. The van der Waals surface area contributed by atoms with Gasteiger partial charge < -0.3 is 29.2 Å². The summed E-state index contributed by atoms with van der Waals surface area (Å²) in [4.78, 5) is 24.4. The fraction of sp³-hybridized carbons (Fsp3) is 0.379. The maximum absolute atomic E-state index is 13.1. The first-order valence-corrected chi connectivity index (χ1v) is 13.5. The van der Waals surface area contributed by atoms with Crippen LogP contribution in [-0.2, 0) is 13.0 Å². The van der Waals surface area contributed by atoms with Gasteiger partial charge in [0.2, 0.25) is 5.95 Å². The summed E-state index contributed by atoms with van der Waals surface area (Å²) in [7, 11) is 7.11. The third kappa shape index (κ3) is 5.91. The molecule has 0 unspecified atom stereocenters. The van der Waals surface area contributed by atoms with Crippen molar-refractivity contribution in [3.05, 3.63) is 58.4 Å². The van der Waals surface area contributed by atoms with Gasteiger partial charge >= 0.3 is 0 Å². The molecule has 0 spiro atoms. The number of anilines is 3. The lowest BCUT2D eigenvalue weighted by molar-refractivity contribution is -0.384. The van der Waals surface area contributed by atoms with Crippen LogP contribution in [0.4, 0.5) is 31.8 Å². The number of aryl methyl sites for hydroxylation is 2. The number of aromatic nitrogens is 3. The lowest BCUT2D eigenvalue weighted by Gasteiger charge is -2.22. The highest BCUT2D eigenvalue weighted by Gasteiger charge is 2.24. The van der Waals surface area contributed by atoms with E-state index in [9.17, 15) is 18.9 Å². The van der Waals surface area contributed by atoms with Gasteiger partial charge in [-0.05, 0) is 32.5 Å². The van der Waals surface area contributed by atoms with Crippen molar-refractivity contribution < 1.29 is 23.2 Å². The number of benzene rings is 2. The SMILES string of the molecule is COc1cc(N(C)CCN(C)C)c([N+](=O)[O-])cc1Nc1ncc(OCC(F)F)c(-c2cn3c4c(cccc24)CCC3)n1. The van der Waals surface area contributed by atoms with Crippen LogP contribution in [0.3, 0.4) is 0 Å². The Balaban J connectivity index is 1.57. The highest BCUT2D eigenvalue weighted by molar-refractivity contribution is 5.98. The minimum atomic E-state index is -2.68. The quantitative estimate of drug-likeness (QED) is 0.175. The van der Waals surface area contributed by atoms with Crippen LogP contribution in [-0.4, -0.2) is 78.7 Å². The molecule has 42 heavy (non-hydrogen) atoms. The molecule has 1 aliphatic heterocycles. The Bertz CT molecular complexity index is 1610. The molecule has 0 bridgehead atoms. The van der Waals surface area contributed by atoms with Crippen LogP contribution in [0, 0.1) is 10.1 Å². The van der Waals surface area contributed by atoms with E-state index in [0.29, 0.717) is 30.2 Å². The fourth-order valence-corrected chi connectivity index (χ4v) is 5.19. The summed E-state index contributed by atoms with van der Waals surface area (Å²) in [5.41, 5.74) is 3.91. The van der Waals surface area contributed by atoms with Crippen LogP contribution in [0.2, 0.25) is 0 Å². The molecule has 2 aromatic carbocycles. The number of nitrogens with one attached hydrogen (secondary N) is 1. The largest absolute Gasteiger partial charge is 0.494 e. The number of hydrogen-bond donors (Lipinski definition) is 1. The highest BCUT2D eigenvalue weighted by Crippen LogP contribution is 2.41. The summed E-state index contributed by atoms with van der Waals surface area (Å²) >= 11 is 0. The second-order valence-corrected chi connectivity index (χ2v) is 10.4. The maximum Gasteiger partial charge on any atom is 0.294 e. The molecule has 4 aromatic rings. The second-order valence-electron chi connectivity index (χ2n) is 10.4. The predicted molar refractivity (Wildman–Crippen MR) is 158 cm³/mol. The smallest absolute Gasteiger partial charge is 0.294 e. The number of hydrogen-bond acceptors (Lipinski definition) is 9. The van der Waals surface area contributed by atoms with Gasteiger partial charge in [-0.25, -0.2) is 18.7 Å². The molecular formula is C29H33F2N7O4. The standard InChI is InChI=1S/C29H33F2N7O4/c1-35(2)11-12-36(3)22-14-24(41-4)21(13-23(22)38(39)40)33-29-32-15-25(42-17-26(30)31)27(34-29)20-16-37-10-6-8-18-7-5-9-19(20)28(18)37/h5,7,9,13-16,26H,6,8,10-12,17H2,1-4H3,(H,32,33,34). The van der Waals surface area contributed by atoms with Crippen molar-refractivity contribution in [2.24, 2.45) is 0 Å². The number of ether oxygens (including phenoxy) is 2. The van der Waals surface area contributed by atoms with Gasteiger partial charge in [0, 0.05) is 56.0 Å². The second kappa shape index (κ2) is 12.1. The lowest BCUT2D eigenvalue weighted by atomic mass is 10.0. The van der Waals surface area contributed by atoms with Crippen molar-refractivity contribution in [2.75, 3.05) is 58.2 Å². The van der Waals surface area contributed by atoms with E-state index in [1.165, 1.54) is 24.9 Å². The number of nitro benzene ring substituents is 1. The summed E-state index contributed by atoms with van der Waals surface area (Å²) in [6.07, 6.45) is 2.56. The molecule has 0 amide bonds. The Morgan fingerprint density at radius 1 is 1.19 bits per heavy atom. The Hall–Kier alpha value is -4.52. The summed E-state index contributed by atoms with van der Waals surface area (Å²) in [6, 6.07) is 9.01. The van der Waals surface area contributed by atoms with Gasteiger partial charge in [-0.1, -0.05) is 18.2 Å². The molecule has 0 radical (unpaired) electrons. The topological polar surface area (TPSA) is 111 Å². The number of nitrogens with zero attached hydrogens (tertiary/aromatic N) is 6. The van der Waals surface area contributed by atoms with Gasteiger partial charge in [0.05, 0.1) is 29.4 Å². The molecule has 1 aliphatic rings. The van der Waals surface area contributed by atoms with E-state index in [4.69, 9.17) is 9.47 Å². The number of alkyl halides is 2. The summed E-state index contributed by atoms with van der Waals surface area (Å²) in [5, 5.41) is 16.0. The number of rotatable bonds is 12. The first kappa shape index (κ1) is 29.0. The zero-order valence-corrected chi connectivity index (χ0v) is 23.9. The van der Waals surface area contributed by atoms with Crippen molar-refractivity contribution in [3.63, 3.8) is 0 Å². The number of halogens is 2. The first-order chi connectivity index (χ1) is 20.2. The fourth-order valence-electron chi connectivity index (χ4n) is 5.19. The average molecular weight is 582 g/mol. The first-order valence-electron chi connectivity index (χ1n) is 13.5. The molecule has 13 heteroatoms. The van der Waals surface area contributed by atoms with Gasteiger partial charge in [-0.15, -0.1) is 0 Å². The van der Waals surface area contributed by atoms with Crippen molar-refractivity contribution in [3.8, 4) is 22.8 Å². The molecule has 0 saturated heterocycles. The van der Waals surface area contributed by atoms with Crippen LogP contribution in [0.25, 0.3) is 22.2 Å². The number of nitro groups is 1. The van der Waals surface area contributed by atoms with E-state index >= 15 is 0 Å². The highest BCUT2D eigenvalue weighted by atomic mass is 19.3. The third-order valence-corrected chi connectivity index (χ3v) is 7.24. The van der Waals surface area contributed by atoms with Crippen molar-refractivity contribution in [2.45, 2.75) is 25.8 Å². The molecule has 0 saturated carbocycles.